The lowest BCUT2D eigenvalue weighted by Crippen LogP contribution is -2.20. The fraction of sp³-hybridized carbons (Fsp3) is 0.100. The van der Waals surface area contributed by atoms with Crippen molar-refractivity contribution in [3.63, 3.8) is 0 Å². The van der Waals surface area contributed by atoms with Crippen LogP contribution < -0.4 is 5.32 Å². The highest BCUT2D eigenvalue weighted by atomic mass is 16.4. The lowest BCUT2D eigenvalue weighted by molar-refractivity contribution is 0.440. The molecule has 0 aliphatic rings. The molecule has 7 nitrogen and oxygen atoms in total. The van der Waals surface area contributed by atoms with Crippen LogP contribution in [0, 0.1) is 0 Å². The summed E-state index contributed by atoms with van der Waals surface area (Å²) in [4.78, 5) is 5.25. The second-order valence-corrected chi connectivity index (χ2v) is 14.1. The third kappa shape index (κ3) is 7.31. The number of nitrogens with zero attached hydrogens (tertiary/aromatic N) is 1. The number of rotatable bonds is 11. The minimum absolute atomic E-state index is 0.0285. The van der Waals surface area contributed by atoms with Gasteiger partial charge in [0, 0.05) is 23.0 Å². The van der Waals surface area contributed by atoms with Crippen LogP contribution in [0.1, 0.15) is 49.5 Å². The summed E-state index contributed by atoms with van der Waals surface area (Å²) in [5.41, 5.74) is 8.81. The van der Waals surface area contributed by atoms with Crippen molar-refractivity contribution in [3.05, 3.63) is 174 Å². The smallest absolute Gasteiger partial charge is 0.181 e. The van der Waals surface area contributed by atoms with E-state index in [0.29, 0.717) is 16.8 Å². The Balaban J connectivity index is 1.31. The number of nitrogens with one attached hydrogen (secondary N) is 1. The topological polar surface area (TPSA) is 118 Å². The Morgan fingerprint density at radius 2 is 1.16 bits per heavy atom. The standard InChI is InChI=1S/C50H42N2O5/c1-3-4-23-40(36-26-24-34(25-27-36)32-15-8-5-9-16-32)52-50(51-31(2)37-21-14-22-38(28-37)33-17-10-6-11-18-33)46-43(55)30-42(54)44-45-41(53)29-39(35-19-12-7-13-20-35)47(56)49(45)57-48(44)46/h5-30,50,52-56H,3-4H2,1-2H3/b40-23+,51-31?. The zero-order chi connectivity index (χ0) is 39.5. The van der Waals surface area contributed by atoms with Crippen molar-refractivity contribution >= 4 is 33.3 Å². The molecule has 0 aliphatic heterocycles. The van der Waals surface area contributed by atoms with Crippen molar-refractivity contribution in [2.45, 2.75) is 32.9 Å². The molecule has 282 valence electrons. The number of aliphatic imine (C=N–C) groups is 1. The Hall–Kier alpha value is -7.25. The molecule has 1 aromatic heterocycles. The molecular weight excluding hydrogens is 709 g/mol. The molecular formula is C50H42N2O5. The van der Waals surface area contributed by atoms with Crippen LogP contribution in [0.5, 0.6) is 23.0 Å². The first-order valence-electron chi connectivity index (χ1n) is 19.0. The molecule has 0 bridgehead atoms. The summed E-state index contributed by atoms with van der Waals surface area (Å²) in [5, 5.41) is 50.1. The maximum absolute atomic E-state index is 11.8. The number of allylic oxidation sites excluding steroid dienone is 1. The first-order chi connectivity index (χ1) is 27.8. The zero-order valence-electron chi connectivity index (χ0n) is 31.6. The molecule has 8 aromatic rings. The molecule has 0 saturated carbocycles. The molecule has 5 N–H and O–H groups in total. The molecule has 7 heteroatoms. The molecule has 0 fully saturated rings. The predicted molar refractivity (Wildman–Crippen MR) is 231 cm³/mol. The van der Waals surface area contributed by atoms with Crippen LogP contribution in [0.4, 0.5) is 0 Å². The lowest BCUT2D eigenvalue weighted by atomic mass is 9.99. The molecule has 8 rings (SSSR count). The van der Waals surface area contributed by atoms with Crippen molar-refractivity contribution in [3.8, 4) is 56.4 Å². The van der Waals surface area contributed by atoms with E-state index in [1.54, 1.807) is 0 Å². The van der Waals surface area contributed by atoms with E-state index in [-0.39, 0.29) is 50.5 Å². The number of aromatic hydroxyl groups is 4. The molecule has 0 aliphatic carbocycles. The molecule has 1 heterocycles. The Labute approximate surface area is 331 Å². The van der Waals surface area contributed by atoms with Gasteiger partial charge in [-0.3, -0.25) is 4.99 Å². The Morgan fingerprint density at radius 3 is 1.81 bits per heavy atom. The van der Waals surface area contributed by atoms with Gasteiger partial charge in [0.05, 0.1) is 16.3 Å². The maximum Gasteiger partial charge on any atom is 0.181 e. The Kier molecular flexibility index (Phi) is 10.2. The van der Waals surface area contributed by atoms with Gasteiger partial charge >= 0.3 is 0 Å². The van der Waals surface area contributed by atoms with Crippen LogP contribution in [-0.4, -0.2) is 26.1 Å². The van der Waals surface area contributed by atoms with Crippen LogP contribution in [-0.2, 0) is 0 Å². The average Bonchev–Trinajstić information content (AvgIpc) is 3.66. The fourth-order valence-corrected chi connectivity index (χ4v) is 7.33. The monoisotopic (exact) mass is 750 g/mol. The van der Waals surface area contributed by atoms with Gasteiger partial charge < -0.3 is 30.2 Å². The van der Waals surface area contributed by atoms with Gasteiger partial charge in [-0.2, -0.15) is 0 Å². The largest absolute Gasteiger partial charge is 0.507 e. The molecule has 0 amide bonds. The van der Waals surface area contributed by atoms with E-state index in [4.69, 9.17) is 9.41 Å². The summed E-state index contributed by atoms with van der Waals surface area (Å²) >= 11 is 0. The van der Waals surface area contributed by atoms with E-state index < -0.39 is 6.17 Å². The van der Waals surface area contributed by atoms with Crippen LogP contribution >= 0.6 is 0 Å². The maximum atomic E-state index is 11.8. The zero-order valence-corrected chi connectivity index (χ0v) is 31.6. The molecule has 1 atom stereocenters. The first-order valence-corrected chi connectivity index (χ1v) is 19.0. The third-order valence-corrected chi connectivity index (χ3v) is 10.3. The SMILES string of the molecule is CCC/C=C(/NC(N=C(C)c1cccc(-c2ccccc2)c1)c1c(O)cc(O)c2c1oc1c(O)c(-c3ccccc3)cc(O)c12)c1ccc(-c2ccccc2)cc1. The van der Waals surface area contributed by atoms with Crippen molar-refractivity contribution in [2.75, 3.05) is 0 Å². The number of phenols is 4. The van der Waals surface area contributed by atoms with Crippen molar-refractivity contribution in [1.82, 2.24) is 5.32 Å². The van der Waals surface area contributed by atoms with Gasteiger partial charge in [-0.15, -0.1) is 0 Å². The Morgan fingerprint density at radius 1 is 0.596 bits per heavy atom. The number of furan rings is 1. The van der Waals surface area contributed by atoms with Crippen molar-refractivity contribution < 1.29 is 24.8 Å². The molecule has 0 spiro atoms. The summed E-state index contributed by atoms with van der Waals surface area (Å²) in [5.74, 6) is -1.00. The number of fused-ring (bicyclic) bond motifs is 3. The van der Waals surface area contributed by atoms with Crippen LogP contribution in [0.3, 0.4) is 0 Å². The van der Waals surface area contributed by atoms with Gasteiger partial charge in [-0.05, 0) is 64.4 Å². The van der Waals surface area contributed by atoms with Crippen LogP contribution in [0.25, 0.3) is 61.0 Å². The lowest BCUT2D eigenvalue weighted by Gasteiger charge is -2.22. The first kappa shape index (κ1) is 36.7. The summed E-state index contributed by atoms with van der Waals surface area (Å²) in [6, 6.07) is 48.5. The van der Waals surface area contributed by atoms with E-state index in [1.807, 2.05) is 85.8 Å². The minimum Gasteiger partial charge on any atom is -0.507 e. The summed E-state index contributed by atoms with van der Waals surface area (Å²) in [7, 11) is 0. The quantitative estimate of drug-likeness (QED) is 0.0663. The predicted octanol–water partition coefficient (Wildman–Crippen LogP) is 12.3. The normalized spacial score (nSPS) is 12.6. The van der Waals surface area contributed by atoms with Gasteiger partial charge in [-0.1, -0.05) is 153 Å². The molecule has 0 saturated heterocycles. The van der Waals surface area contributed by atoms with Crippen molar-refractivity contribution in [2.24, 2.45) is 4.99 Å². The summed E-state index contributed by atoms with van der Waals surface area (Å²) < 4.78 is 6.44. The highest BCUT2D eigenvalue weighted by Gasteiger charge is 2.29. The number of hydrogen-bond acceptors (Lipinski definition) is 7. The van der Waals surface area contributed by atoms with E-state index in [0.717, 1.165) is 51.9 Å². The van der Waals surface area contributed by atoms with E-state index in [2.05, 4.69) is 79.0 Å². The number of phenolic OH excluding ortho intramolecular Hbond substituents is 4. The van der Waals surface area contributed by atoms with Crippen LogP contribution in [0.15, 0.2) is 167 Å². The van der Waals surface area contributed by atoms with E-state index in [1.165, 1.54) is 12.1 Å². The van der Waals surface area contributed by atoms with Gasteiger partial charge in [0.25, 0.3) is 0 Å². The second kappa shape index (κ2) is 15.8. The Bertz CT molecular complexity index is 2760. The fourth-order valence-electron chi connectivity index (χ4n) is 7.33. The number of unbranched alkanes of at least 4 members (excludes halogenated alkanes) is 1. The summed E-state index contributed by atoms with van der Waals surface area (Å²) in [6.07, 6.45) is 2.81. The minimum atomic E-state index is -0.969. The van der Waals surface area contributed by atoms with Gasteiger partial charge in [0.2, 0.25) is 0 Å². The summed E-state index contributed by atoms with van der Waals surface area (Å²) in [6.45, 7) is 4.03. The highest BCUT2D eigenvalue weighted by Crippen LogP contribution is 2.51. The molecule has 0 radical (unpaired) electrons. The number of benzene rings is 7. The third-order valence-electron chi connectivity index (χ3n) is 10.3. The molecule has 7 aromatic carbocycles. The average molecular weight is 751 g/mol. The second-order valence-electron chi connectivity index (χ2n) is 14.1. The van der Waals surface area contributed by atoms with Crippen LogP contribution in [0.2, 0.25) is 0 Å². The van der Waals surface area contributed by atoms with Gasteiger partial charge in [0.1, 0.15) is 22.8 Å². The molecule has 57 heavy (non-hydrogen) atoms. The van der Waals surface area contributed by atoms with E-state index >= 15 is 0 Å². The highest BCUT2D eigenvalue weighted by molar-refractivity contribution is 6.15. The number of hydrogen-bond donors (Lipinski definition) is 5. The van der Waals surface area contributed by atoms with Gasteiger partial charge in [0.15, 0.2) is 17.5 Å². The van der Waals surface area contributed by atoms with Gasteiger partial charge in [-0.25, -0.2) is 0 Å². The molecule has 1 unspecified atom stereocenters. The van der Waals surface area contributed by atoms with E-state index in [9.17, 15) is 20.4 Å². The van der Waals surface area contributed by atoms with Crippen molar-refractivity contribution in [1.29, 1.82) is 0 Å².